The van der Waals surface area contributed by atoms with Gasteiger partial charge in [-0.05, 0) is 24.5 Å². The van der Waals surface area contributed by atoms with Gasteiger partial charge in [0.25, 0.3) is 0 Å². The van der Waals surface area contributed by atoms with Gasteiger partial charge in [-0.25, -0.2) is 19.6 Å². The minimum atomic E-state index is -1.01. The quantitative estimate of drug-likeness (QED) is 0.403. The van der Waals surface area contributed by atoms with Gasteiger partial charge in [-0.2, -0.15) is 0 Å². The molecule has 1 aromatic carbocycles. The van der Waals surface area contributed by atoms with Crippen LogP contribution in [0.2, 0.25) is 0 Å². The number of nitrogens with one attached hydrogen (secondary N) is 1. The molecule has 0 radical (unpaired) electrons. The smallest absolute Gasteiger partial charge is 0.330 e. The molecular formula is C23H22N4O5S. The van der Waals surface area contributed by atoms with E-state index in [1.165, 1.54) is 23.7 Å². The molecule has 1 amide bonds. The Morgan fingerprint density at radius 3 is 2.76 bits per heavy atom. The van der Waals surface area contributed by atoms with Crippen LogP contribution in [0.4, 0.5) is 5.82 Å². The fourth-order valence-electron chi connectivity index (χ4n) is 3.73. The summed E-state index contributed by atoms with van der Waals surface area (Å²) in [6.07, 6.45) is 4.33. The lowest BCUT2D eigenvalue weighted by molar-refractivity contribution is -0.138. The first-order chi connectivity index (χ1) is 16.0. The van der Waals surface area contributed by atoms with Gasteiger partial charge in [-0.15, -0.1) is 11.3 Å². The summed E-state index contributed by atoms with van der Waals surface area (Å²) in [5.41, 5.74) is 1.62. The fraction of sp³-hybridized carbons (Fsp3) is 0.261. The van der Waals surface area contributed by atoms with Crippen molar-refractivity contribution in [2.24, 2.45) is 0 Å². The van der Waals surface area contributed by atoms with E-state index >= 15 is 0 Å². The number of aliphatic carboxylic acids is 1. The standard InChI is InChI=1S/C23H22N4O5S/c1-2-32-18(29)9-8-17(28)27-11-10-15-16(12-27)33-22-19(15)21(24-13-25-22)26-20(23(30)31)14-6-4-3-5-7-14/h3-9,13,20H,2,10-12H2,1H3,(H,30,31)(H,24,25,26)/b9-8+/t20-/m0/s1. The van der Waals surface area contributed by atoms with Crippen LogP contribution in [0.15, 0.2) is 48.8 Å². The Balaban J connectivity index is 1.59. The number of thiophene rings is 1. The number of carbonyl (C=O) groups excluding carboxylic acids is 2. The zero-order valence-electron chi connectivity index (χ0n) is 17.9. The van der Waals surface area contributed by atoms with Crippen molar-refractivity contribution in [3.63, 3.8) is 0 Å². The van der Waals surface area contributed by atoms with E-state index in [0.29, 0.717) is 30.9 Å². The molecule has 0 bridgehead atoms. The molecule has 1 aliphatic heterocycles. The lowest BCUT2D eigenvalue weighted by Gasteiger charge is -2.26. The number of ether oxygens (including phenoxy) is 1. The fourth-order valence-corrected chi connectivity index (χ4v) is 4.93. The number of hydrogen-bond donors (Lipinski definition) is 2. The average Bonchev–Trinajstić information content (AvgIpc) is 3.20. The van der Waals surface area contributed by atoms with Crippen LogP contribution in [-0.2, 0) is 32.1 Å². The third-order valence-corrected chi connectivity index (χ3v) is 6.38. The number of amides is 1. The SMILES string of the molecule is CCOC(=O)/C=C/C(=O)N1CCc2c(sc3ncnc(N[C@H](C(=O)O)c4ccccc4)c23)C1. The average molecular weight is 467 g/mol. The van der Waals surface area contributed by atoms with E-state index in [4.69, 9.17) is 4.74 Å². The van der Waals surface area contributed by atoms with Crippen LogP contribution in [0.5, 0.6) is 0 Å². The Morgan fingerprint density at radius 1 is 1.24 bits per heavy atom. The molecule has 33 heavy (non-hydrogen) atoms. The van der Waals surface area contributed by atoms with Crippen LogP contribution in [0.3, 0.4) is 0 Å². The third kappa shape index (κ3) is 4.85. The summed E-state index contributed by atoms with van der Waals surface area (Å²) in [6.45, 7) is 2.78. The molecule has 9 nitrogen and oxygen atoms in total. The van der Waals surface area contributed by atoms with Crippen LogP contribution >= 0.6 is 11.3 Å². The van der Waals surface area contributed by atoms with Crippen LogP contribution in [0.25, 0.3) is 10.2 Å². The number of hydrogen-bond acceptors (Lipinski definition) is 8. The molecule has 2 N–H and O–H groups in total. The highest BCUT2D eigenvalue weighted by atomic mass is 32.1. The molecule has 3 aromatic rings. The number of carbonyl (C=O) groups is 3. The number of rotatable bonds is 7. The molecule has 2 aromatic heterocycles. The number of nitrogens with zero attached hydrogens (tertiary/aromatic N) is 3. The summed E-state index contributed by atoms with van der Waals surface area (Å²) in [6, 6.07) is 7.94. The third-order valence-electron chi connectivity index (χ3n) is 5.26. The first-order valence-corrected chi connectivity index (χ1v) is 11.2. The van der Waals surface area contributed by atoms with Gasteiger partial charge in [0.1, 0.15) is 17.0 Å². The van der Waals surface area contributed by atoms with E-state index in [1.807, 2.05) is 6.07 Å². The van der Waals surface area contributed by atoms with E-state index in [0.717, 1.165) is 26.7 Å². The van der Waals surface area contributed by atoms with Crippen molar-refractivity contribution >= 4 is 45.2 Å². The summed E-state index contributed by atoms with van der Waals surface area (Å²) in [7, 11) is 0. The summed E-state index contributed by atoms with van der Waals surface area (Å²) in [5, 5.41) is 13.6. The Hall–Kier alpha value is -3.79. The van der Waals surface area contributed by atoms with Crippen molar-refractivity contribution in [3.05, 3.63) is 64.8 Å². The molecule has 1 aliphatic rings. The van der Waals surface area contributed by atoms with Crippen molar-refractivity contribution in [1.29, 1.82) is 0 Å². The first kappa shape index (κ1) is 22.4. The number of fused-ring (bicyclic) bond motifs is 3. The summed E-state index contributed by atoms with van der Waals surface area (Å²) < 4.78 is 4.81. The Kier molecular flexibility index (Phi) is 6.64. The highest BCUT2D eigenvalue weighted by molar-refractivity contribution is 7.19. The lowest BCUT2D eigenvalue weighted by Crippen LogP contribution is -2.34. The molecule has 0 saturated heterocycles. The molecule has 3 heterocycles. The number of benzene rings is 1. The summed E-state index contributed by atoms with van der Waals surface area (Å²) in [4.78, 5) is 48.0. The van der Waals surface area contributed by atoms with E-state index in [2.05, 4.69) is 15.3 Å². The monoisotopic (exact) mass is 466 g/mol. The Morgan fingerprint density at radius 2 is 2.03 bits per heavy atom. The van der Waals surface area contributed by atoms with Gasteiger partial charge in [0.05, 0.1) is 18.5 Å². The van der Waals surface area contributed by atoms with Gasteiger partial charge in [0.15, 0.2) is 6.04 Å². The maximum Gasteiger partial charge on any atom is 0.330 e. The van der Waals surface area contributed by atoms with Crippen molar-refractivity contribution in [3.8, 4) is 0 Å². The highest BCUT2D eigenvalue weighted by Gasteiger charge is 2.27. The van der Waals surface area contributed by atoms with E-state index in [-0.39, 0.29) is 12.5 Å². The van der Waals surface area contributed by atoms with Crippen LogP contribution in [0, 0.1) is 0 Å². The molecule has 0 fully saturated rings. The van der Waals surface area contributed by atoms with Crippen LogP contribution < -0.4 is 5.32 Å². The molecule has 1 atom stereocenters. The Bertz CT molecular complexity index is 1220. The van der Waals surface area contributed by atoms with Crippen molar-refractivity contribution in [2.75, 3.05) is 18.5 Å². The lowest BCUT2D eigenvalue weighted by atomic mass is 10.0. The first-order valence-electron chi connectivity index (χ1n) is 10.4. The summed E-state index contributed by atoms with van der Waals surface area (Å²) in [5.74, 6) is -1.38. The van der Waals surface area contributed by atoms with Crippen molar-refractivity contribution < 1.29 is 24.2 Å². The second-order valence-electron chi connectivity index (χ2n) is 7.33. The van der Waals surface area contributed by atoms with E-state index in [9.17, 15) is 19.5 Å². The minimum Gasteiger partial charge on any atom is -0.479 e. The number of carboxylic acids is 1. The largest absolute Gasteiger partial charge is 0.479 e. The van der Waals surface area contributed by atoms with E-state index < -0.39 is 18.0 Å². The molecular weight excluding hydrogens is 444 g/mol. The van der Waals surface area contributed by atoms with Gasteiger partial charge in [0, 0.05) is 23.6 Å². The number of carboxylic acid groups (broad SMARTS) is 1. The minimum absolute atomic E-state index is 0.247. The number of aromatic nitrogens is 2. The molecule has 0 aliphatic carbocycles. The predicted molar refractivity (Wildman–Crippen MR) is 123 cm³/mol. The van der Waals surface area contributed by atoms with Crippen LogP contribution in [-0.4, -0.2) is 51.0 Å². The van der Waals surface area contributed by atoms with Crippen molar-refractivity contribution in [2.45, 2.75) is 25.9 Å². The van der Waals surface area contributed by atoms with E-state index in [1.54, 1.807) is 36.1 Å². The Labute approximate surface area is 193 Å². The molecule has 0 saturated carbocycles. The van der Waals surface area contributed by atoms with Gasteiger partial charge in [-0.1, -0.05) is 30.3 Å². The van der Waals surface area contributed by atoms with Gasteiger partial charge in [-0.3, -0.25) is 4.79 Å². The summed E-state index contributed by atoms with van der Waals surface area (Å²) >= 11 is 1.45. The highest BCUT2D eigenvalue weighted by Crippen LogP contribution is 2.38. The predicted octanol–water partition coefficient (Wildman–Crippen LogP) is 2.93. The van der Waals surface area contributed by atoms with Crippen LogP contribution in [0.1, 0.15) is 29.0 Å². The maximum atomic E-state index is 12.5. The zero-order valence-corrected chi connectivity index (χ0v) is 18.7. The molecule has 170 valence electrons. The number of anilines is 1. The second kappa shape index (κ2) is 9.78. The maximum absolute atomic E-state index is 12.5. The molecule has 0 spiro atoms. The number of esters is 1. The molecule has 10 heteroatoms. The van der Waals surface area contributed by atoms with Gasteiger partial charge < -0.3 is 20.1 Å². The van der Waals surface area contributed by atoms with Crippen molar-refractivity contribution in [1.82, 2.24) is 14.9 Å². The molecule has 0 unspecified atom stereocenters. The van der Waals surface area contributed by atoms with Gasteiger partial charge >= 0.3 is 11.9 Å². The normalized spacial score (nSPS) is 14.2. The zero-order chi connectivity index (χ0) is 23.4. The van der Waals surface area contributed by atoms with Gasteiger partial charge in [0.2, 0.25) is 5.91 Å². The molecule has 4 rings (SSSR count). The second-order valence-corrected chi connectivity index (χ2v) is 8.41. The topological polar surface area (TPSA) is 122 Å².